The summed E-state index contributed by atoms with van der Waals surface area (Å²) in [7, 11) is 0. The van der Waals surface area contributed by atoms with Crippen LogP contribution in [-0.4, -0.2) is 35.8 Å². The van der Waals surface area contributed by atoms with Crippen molar-refractivity contribution in [3.63, 3.8) is 0 Å². The van der Waals surface area contributed by atoms with Crippen LogP contribution in [-0.2, 0) is 6.54 Å². The molecule has 7 nitrogen and oxygen atoms in total. The summed E-state index contributed by atoms with van der Waals surface area (Å²) >= 11 is 0. The number of anilines is 1. The average molecular weight is 368 g/mol. The molecule has 2 aliphatic rings. The Bertz CT molecular complexity index is 847. The molecule has 1 N–H and O–H groups in total. The molecule has 1 aromatic carbocycles. The number of carbonyl (C=O) groups is 1. The first-order valence-corrected chi connectivity index (χ1v) is 9.36. The molecule has 1 aromatic heterocycles. The third kappa shape index (κ3) is 3.97. The van der Waals surface area contributed by atoms with Crippen molar-refractivity contribution in [3.05, 3.63) is 41.3 Å². The Labute approximate surface area is 158 Å². The monoisotopic (exact) mass is 368 g/mol. The lowest BCUT2D eigenvalue weighted by molar-refractivity contribution is 0.0945. The number of nitrogens with zero attached hydrogens (tertiary/aromatic N) is 3. The Balaban J connectivity index is 1.43. The number of hydrogen-bond acceptors (Lipinski definition) is 6. The van der Waals surface area contributed by atoms with Crippen LogP contribution in [0.3, 0.4) is 0 Å². The molecule has 0 unspecified atom stereocenters. The molecule has 0 atom stereocenters. The molecule has 4 rings (SSSR count). The number of aryl methyl sites for hydroxylation is 1. The Morgan fingerprint density at radius 1 is 1.19 bits per heavy atom. The van der Waals surface area contributed by atoms with Gasteiger partial charge in [0.25, 0.3) is 5.91 Å². The Morgan fingerprint density at radius 3 is 2.78 bits per heavy atom. The van der Waals surface area contributed by atoms with Crippen LogP contribution in [0.1, 0.15) is 41.6 Å². The predicted octanol–water partition coefficient (Wildman–Crippen LogP) is 2.68. The molecular weight excluding hydrogens is 344 g/mol. The van der Waals surface area contributed by atoms with Crippen molar-refractivity contribution in [2.45, 2.75) is 33.2 Å². The Kier molecular flexibility index (Phi) is 4.83. The first kappa shape index (κ1) is 17.6. The van der Waals surface area contributed by atoms with Gasteiger partial charge in [0.2, 0.25) is 6.79 Å². The van der Waals surface area contributed by atoms with Crippen molar-refractivity contribution in [3.8, 4) is 11.5 Å². The van der Waals surface area contributed by atoms with Gasteiger partial charge in [-0.25, -0.2) is 9.97 Å². The molecular formula is C20H24N4O3. The maximum atomic E-state index is 12.6. The molecule has 27 heavy (non-hydrogen) atoms. The second kappa shape index (κ2) is 7.42. The normalized spacial score (nSPS) is 16.4. The first-order chi connectivity index (χ1) is 13.1. The van der Waals surface area contributed by atoms with Crippen LogP contribution < -0.4 is 19.7 Å². The topological polar surface area (TPSA) is 76.6 Å². The zero-order valence-corrected chi connectivity index (χ0v) is 15.7. The van der Waals surface area contributed by atoms with E-state index < -0.39 is 0 Å². The van der Waals surface area contributed by atoms with Crippen LogP contribution in [0.25, 0.3) is 0 Å². The van der Waals surface area contributed by atoms with E-state index in [2.05, 4.69) is 27.1 Å². The molecule has 142 valence electrons. The van der Waals surface area contributed by atoms with Crippen LogP contribution in [0.4, 0.5) is 5.82 Å². The lowest BCUT2D eigenvalue weighted by Gasteiger charge is -2.31. The van der Waals surface area contributed by atoms with Gasteiger partial charge in [0.15, 0.2) is 11.5 Å². The summed E-state index contributed by atoms with van der Waals surface area (Å²) in [6.45, 7) is 6.67. The number of aromatic nitrogens is 2. The van der Waals surface area contributed by atoms with E-state index in [1.54, 1.807) is 6.07 Å². The van der Waals surface area contributed by atoms with E-state index in [1.165, 1.54) is 0 Å². The fraction of sp³-hybridized carbons (Fsp3) is 0.450. The molecule has 1 fully saturated rings. The summed E-state index contributed by atoms with van der Waals surface area (Å²) < 4.78 is 10.7. The molecule has 2 aromatic rings. The van der Waals surface area contributed by atoms with Crippen LogP contribution in [0.5, 0.6) is 11.5 Å². The molecule has 0 bridgehead atoms. The maximum absolute atomic E-state index is 12.6. The Morgan fingerprint density at radius 2 is 1.96 bits per heavy atom. The summed E-state index contributed by atoms with van der Waals surface area (Å²) in [5.74, 6) is 3.43. The van der Waals surface area contributed by atoms with E-state index in [9.17, 15) is 4.79 Å². The number of fused-ring (bicyclic) bond motifs is 1. The molecule has 0 radical (unpaired) electrons. The minimum Gasteiger partial charge on any atom is -0.454 e. The number of rotatable bonds is 4. The van der Waals surface area contributed by atoms with Gasteiger partial charge in [-0.15, -0.1) is 0 Å². The number of ether oxygens (including phenoxy) is 2. The van der Waals surface area contributed by atoms with Crippen molar-refractivity contribution in [2.24, 2.45) is 5.92 Å². The molecule has 3 heterocycles. The largest absolute Gasteiger partial charge is 0.454 e. The SMILES string of the molecule is Cc1nc(C(=O)NCc2ccc3c(c2)OCO3)cc(N2CCC(C)CC2)n1. The van der Waals surface area contributed by atoms with Crippen LogP contribution >= 0.6 is 0 Å². The van der Waals surface area contributed by atoms with E-state index >= 15 is 0 Å². The van der Waals surface area contributed by atoms with E-state index in [-0.39, 0.29) is 12.7 Å². The Hall–Kier alpha value is -2.83. The standard InChI is InChI=1S/C20H24N4O3/c1-13-5-7-24(8-6-13)19-10-16(22-14(2)23-19)20(25)21-11-15-3-4-17-18(9-15)27-12-26-17/h3-4,9-10,13H,5-8,11-12H2,1-2H3,(H,21,25). The van der Waals surface area contributed by atoms with Gasteiger partial charge in [-0.3, -0.25) is 4.79 Å². The van der Waals surface area contributed by atoms with Crippen molar-refractivity contribution in [1.82, 2.24) is 15.3 Å². The molecule has 0 aliphatic carbocycles. The fourth-order valence-electron chi connectivity index (χ4n) is 3.39. The number of amides is 1. The smallest absolute Gasteiger partial charge is 0.270 e. The summed E-state index contributed by atoms with van der Waals surface area (Å²) in [6.07, 6.45) is 2.30. The lowest BCUT2D eigenvalue weighted by atomic mass is 9.99. The second-order valence-electron chi connectivity index (χ2n) is 7.20. The number of hydrogen-bond donors (Lipinski definition) is 1. The van der Waals surface area contributed by atoms with Gasteiger partial charge >= 0.3 is 0 Å². The quantitative estimate of drug-likeness (QED) is 0.894. The lowest BCUT2D eigenvalue weighted by Crippen LogP contribution is -2.34. The van der Waals surface area contributed by atoms with Crippen molar-refractivity contribution in [1.29, 1.82) is 0 Å². The average Bonchev–Trinajstić information content (AvgIpc) is 3.14. The maximum Gasteiger partial charge on any atom is 0.270 e. The van der Waals surface area contributed by atoms with Gasteiger partial charge in [0, 0.05) is 25.7 Å². The van der Waals surface area contributed by atoms with Crippen LogP contribution in [0, 0.1) is 12.8 Å². The highest BCUT2D eigenvalue weighted by molar-refractivity contribution is 5.92. The molecule has 1 saturated heterocycles. The summed E-state index contributed by atoms with van der Waals surface area (Å²) in [4.78, 5) is 23.7. The second-order valence-corrected chi connectivity index (χ2v) is 7.20. The molecule has 7 heteroatoms. The van der Waals surface area contributed by atoms with Crippen molar-refractivity contribution < 1.29 is 14.3 Å². The van der Waals surface area contributed by atoms with Gasteiger partial charge in [-0.05, 0) is 43.4 Å². The molecule has 2 aliphatic heterocycles. The number of carbonyl (C=O) groups excluding carboxylic acids is 1. The van der Waals surface area contributed by atoms with Crippen molar-refractivity contribution in [2.75, 3.05) is 24.8 Å². The van der Waals surface area contributed by atoms with Crippen LogP contribution in [0.2, 0.25) is 0 Å². The highest BCUT2D eigenvalue weighted by Gasteiger charge is 2.20. The third-order valence-electron chi connectivity index (χ3n) is 5.05. The van der Waals surface area contributed by atoms with E-state index in [4.69, 9.17) is 9.47 Å². The zero-order chi connectivity index (χ0) is 18.8. The summed E-state index contributed by atoms with van der Waals surface area (Å²) in [5.41, 5.74) is 1.35. The predicted molar refractivity (Wildman–Crippen MR) is 101 cm³/mol. The van der Waals surface area contributed by atoms with Gasteiger partial charge in [0.1, 0.15) is 17.3 Å². The number of piperidine rings is 1. The van der Waals surface area contributed by atoms with Crippen molar-refractivity contribution >= 4 is 11.7 Å². The minimum absolute atomic E-state index is 0.204. The molecule has 1 amide bonds. The fourth-order valence-corrected chi connectivity index (χ4v) is 3.39. The van der Waals surface area contributed by atoms with Gasteiger partial charge in [0.05, 0.1) is 0 Å². The third-order valence-corrected chi connectivity index (χ3v) is 5.05. The van der Waals surface area contributed by atoms with Gasteiger partial charge < -0.3 is 19.7 Å². The summed E-state index contributed by atoms with van der Waals surface area (Å²) in [5, 5.41) is 2.93. The van der Waals surface area contributed by atoms with E-state index in [0.29, 0.717) is 23.8 Å². The summed E-state index contributed by atoms with van der Waals surface area (Å²) in [6, 6.07) is 7.44. The van der Waals surface area contributed by atoms with E-state index in [1.807, 2.05) is 25.1 Å². The van der Waals surface area contributed by atoms with Crippen LogP contribution in [0.15, 0.2) is 24.3 Å². The minimum atomic E-state index is -0.204. The first-order valence-electron chi connectivity index (χ1n) is 9.36. The molecule has 0 saturated carbocycles. The van der Waals surface area contributed by atoms with Gasteiger partial charge in [-0.2, -0.15) is 0 Å². The highest BCUT2D eigenvalue weighted by atomic mass is 16.7. The molecule has 0 spiro atoms. The number of nitrogens with one attached hydrogen (secondary N) is 1. The van der Waals surface area contributed by atoms with E-state index in [0.717, 1.165) is 49.0 Å². The highest BCUT2D eigenvalue weighted by Crippen LogP contribution is 2.32. The number of benzene rings is 1. The zero-order valence-electron chi connectivity index (χ0n) is 15.7. The van der Waals surface area contributed by atoms with Gasteiger partial charge in [-0.1, -0.05) is 13.0 Å².